The van der Waals surface area contributed by atoms with Crippen molar-refractivity contribution >= 4 is 51.3 Å². The van der Waals surface area contributed by atoms with Gasteiger partial charge in [-0.3, -0.25) is 4.99 Å². The number of piperazine rings is 1. The fourth-order valence-corrected chi connectivity index (χ4v) is 4.85. The number of hydrogen-bond acceptors (Lipinski definition) is 6. The zero-order valence-corrected chi connectivity index (χ0v) is 21.7. The molecule has 0 aromatic carbocycles. The number of nitrogens with zero attached hydrogens (tertiary/aromatic N) is 4. The van der Waals surface area contributed by atoms with Gasteiger partial charge in [-0.05, 0) is 27.7 Å². The first-order valence-corrected chi connectivity index (χ1v) is 12.3. The molecule has 0 bridgehead atoms. The van der Waals surface area contributed by atoms with E-state index in [1.54, 1.807) is 15.6 Å². The molecule has 1 aromatic heterocycles. The van der Waals surface area contributed by atoms with Crippen molar-refractivity contribution in [3.63, 3.8) is 0 Å². The topological polar surface area (TPSA) is 87.1 Å². The van der Waals surface area contributed by atoms with Crippen LogP contribution in [0.2, 0.25) is 0 Å². The van der Waals surface area contributed by atoms with Crippen molar-refractivity contribution in [1.29, 1.82) is 0 Å². The monoisotopic (exact) mass is 559 g/mol. The maximum absolute atomic E-state index is 12.5. The van der Waals surface area contributed by atoms with Crippen molar-refractivity contribution in [1.82, 2.24) is 19.5 Å². The van der Waals surface area contributed by atoms with Crippen LogP contribution in [0.3, 0.4) is 0 Å². The number of guanidine groups is 1. The molecule has 1 N–H and O–H groups in total. The molecule has 0 radical (unpaired) electrons. The van der Waals surface area contributed by atoms with Crippen LogP contribution in [0.1, 0.15) is 31.5 Å². The summed E-state index contributed by atoms with van der Waals surface area (Å²) >= 11 is 1.65. The number of aryl methyl sites for hydroxylation is 1. The average Bonchev–Trinajstić information content (AvgIpc) is 3.06. The van der Waals surface area contributed by atoms with Gasteiger partial charge in [-0.1, -0.05) is 0 Å². The van der Waals surface area contributed by atoms with E-state index in [9.17, 15) is 8.42 Å². The molecule has 0 spiro atoms. The molecule has 1 aliphatic heterocycles. The quantitative estimate of drug-likeness (QED) is 0.283. The summed E-state index contributed by atoms with van der Waals surface area (Å²) in [5.41, 5.74) is 1.07. The lowest BCUT2D eigenvalue weighted by atomic mass is 10.3. The number of nitrogens with one attached hydrogen (secondary N) is 1. The van der Waals surface area contributed by atoms with Gasteiger partial charge in [0.1, 0.15) is 0 Å². The molecule has 168 valence electrons. The maximum Gasteiger partial charge on any atom is 0.216 e. The van der Waals surface area contributed by atoms with Gasteiger partial charge in [0, 0.05) is 51.1 Å². The molecule has 0 atom stereocenters. The molecule has 2 rings (SSSR count). The molecule has 8 nitrogen and oxygen atoms in total. The van der Waals surface area contributed by atoms with Gasteiger partial charge < -0.3 is 15.0 Å². The third-order valence-corrected chi connectivity index (χ3v) is 7.01. The van der Waals surface area contributed by atoms with Crippen molar-refractivity contribution in [3.8, 4) is 0 Å². The fraction of sp³-hybridized carbons (Fsp3) is 0.778. The minimum atomic E-state index is -3.28. The first-order chi connectivity index (χ1) is 13.3. The molecule has 29 heavy (non-hydrogen) atoms. The summed E-state index contributed by atoms with van der Waals surface area (Å²) in [4.78, 5) is 11.3. The Morgan fingerprint density at radius 3 is 2.59 bits per heavy atom. The summed E-state index contributed by atoms with van der Waals surface area (Å²) in [6.45, 7) is 11.7. The van der Waals surface area contributed by atoms with Crippen LogP contribution in [0.15, 0.2) is 10.4 Å². The van der Waals surface area contributed by atoms with E-state index in [-0.39, 0.29) is 42.4 Å². The molecule has 0 aliphatic carbocycles. The highest BCUT2D eigenvalue weighted by Crippen LogP contribution is 2.10. The third kappa shape index (κ3) is 9.03. The maximum atomic E-state index is 12.5. The van der Waals surface area contributed by atoms with Crippen LogP contribution in [0.25, 0.3) is 0 Å². The molecule has 11 heteroatoms. The Labute approximate surface area is 196 Å². The Kier molecular flexibility index (Phi) is 11.9. The van der Waals surface area contributed by atoms with Gasteiger partial charge in [0.2, 0.25) is 10.0 Å². The normalized spacial score (nSPS) is 16.2. The molecule has 1 aromatic rings. The first-order valence-electron chi connectivity index (χ1n) is 9.85. The second-order valence-electron chi connectivity index (χ2n) is 6.97. The van der Waals surface area contributed by atoms with Crippen molar-refractivity contribution in [2.75, 3.05) is 51.6 Å². The van der Waals surface area contributed by atoms with Gasteiger partial charge in [0.15, 0.2) is 5.96 Å². The molecule has 1 aliphatic rings. The lowest BCUT2D eigenvalue weighted by molar-refractivity contribution is 0.0904. The Morgan fingerprint density at radius 1 is 1.34 bits per heavy atom. The molecule has 1 fully saturated rings. The van der Waals surface area contributed by atoms with Gasteiger partial charge in [0.25, 0.3) is 0 Å². The summed E-state index contributed by atoms with van der Waals surface area (Å²) in [6.07, 6.45) is 0.850. The zero-order chi connectivity index (χ0) is 20.6. The summed E-state index contributed by atoms with van der Waals surface area (Å²) in [5.74, 6) is 0.876. The van der Waals surface area contributed by atoms with E-state index in [0.717, 1.165) is 29.6 Å². The van der Waals surface area contributed by atoms with Gasteiger partial charge in [-0.15, -0.1) is 35.3 Å². The summed E-state index contributed by atoms with van der Waals surface area (Å²) in [5, 5.41) is 6.46. The predicted octanol–water partition coefficient (Wildman–Crippen LogP) is 1.95. The van der Waals surface area contributed by atoms with Gasteiger partial charge in [0.05, 0.1) is 29.2 Å². The van der Waals surface area contributed by atoms with Crippen LogP contribution in [0.4, 0.5) is 0 Å². The van der Waals surface area contributed by atoms with Crippen molar-refractivity contribution in [2.24, 2.45) is 4.99 Å². The fourth-order valence-electron chi connectivity index (χ4n) is 2.92. The number of sulfonamides is 1. The Morgan fingerprint density at radius 2 is 2.03 bits per heavy atom. The van der Waals surface area contributed by atoms with Crippen LogP contribution in [0.5, 0.6) is 0 Å². The van der Waals surface area contributed by atoms with E-state index in [4.69, 9.17) is 9.73 Å². The predicted molar refractivity (Wildman–Crippen MR) is 130 cm³/mol. The SMILES string of the molecule is CCNC(=NCCc1csc(C)n1)N1CCN(S(=O)(=O)CCOC(C)C)CC1.I. The van der Waals surface area contributed by atoms with Gasteiger partial charge >= 0.3 is 0 Å². The molecule has 0 amide bonds. The zero-order valence-electron chi connectivity index (χ0n) is 17.8. The number of ether oxygens (including phenoxy) is 1. The van der Waals surface area contributed by atoms with E-state index >= 15 is 0 Å². The first kappa shape index (κ1) is 26.5. The Balaban J connectivity index is 0.00000420. The number of rotatable bonds is 9. The van der Waals surface area contributed by atoms with Crippen LogP contribution in [0, 0.1) is 6.92 Å². The Hall–Kier alpha value is -0.500. The van der Waals surface area contributed by atoms with E-state index in [1.807, 2.05) is 27.7 Å². The number of aliphatic imine (C=N–C) groups is 1. The molecular formula is C18H34IN5O3S2. The van der Waals surface area contributed by atoms with Crippen molar-refractivity contribution < 1.29 is 13.2 Å². The number of thiazole rings is 1. The Bertz CT molecular complexity index is 732. The van der Waals surface area contributed by atoms with Crippen molar-refractivity contribution in [3.05, 3.63) is 16.1 Å². The molecule has 1 saturated heterocycles. The lowest BCUT2D eigenvalue weighted by Gasteiger charge is -2.35. The van der Waals surface area contributed by atoms with E-state index in [0.29, 0.717) is 32.7 Å². The second kappa shape index (κ2) is 13.0. The molecular weight excluding hydrogens is 525 g/mol. The highest BCUT2D eigenvalue weighted by molar-refractivity contribution is 14.0. The van der Waals surface area contributed by atoms with Crippen LogP contribution >= 0.6 is 35.3 Å². The number of aromatic nitrogens is 1. The van der Waals surface area contributed by atoms with Gasteiger partial charge in [-0.2, -0.15) is 4.31 Å². The number of hydrogen-bond donors (Lipinski definition) is 1. The van der Waals surface area contributed by atoms with Crippen LogP contribution < -0.4 is 5.32 Å². The summed E-state index contributed by atoms with van der Waals surface area (Å²) < 4.78 is 31.9. The van der Waals surface area contributed by atoms with Crippen LogP contribution in [-0.4, -0.2) is 86.3 Å². The van der Waals surface area contributed by atoms with Gasteiger partial charge in [-0.25, -0.2) is 13.4 Å². The number of halogens is 1. The molecule has 2 heterocycles. The highest BCUT2D eigenvalue weighted by atomic mass is 127. The van der Waals surface area contributed by atoms with Crippen molar-refractivity contribution in [2.45, 2.75) is 40.2 Å². The lowest BCUT2D eigenvalue weighted by Crippen LogP contribution is -2.54. The largest absolute Gasteiger partial charge is 0.378 e. The minimum absolute atomic E-state index is 0. The molecule has 0 saturated carbocycles. The third-order valence-electron chi connectivity index (χ3n) is 4.36. The summed E-state index contributed by atoms with van der Waals surface area (Å²) in [7, 11) is -3.28. The highest BCUT2D eigenvalue weighted by Gasteiger charge is 2.28. The van der Waals surface area contributed by atoms with E-state index < -0.39 is 10.0 Å². The van der Waals surface area contributed by atoms with Crippen LogP contribution in [-0.2, 0) is 21.2 Å². The molecule has 0 unspecified atom stereocenters. The summed E-state index contributed by atoms with van der Waals surface area (Å²) in [6, 6.07) is 0. The minimum Gasteiger partial charge on any atom is -0.378 e. The standard InChI is InChI=1S/C18H33N5O3S2.HI/c1-5-19-18(20-7-6-17-14-27-16(4)21-17)22-8-10-23(11-9-22)28(24,25)13-12-26-15(2)3;/h14-15H,5-13H2,1-4H3,(H,19,20);1H. The smallest absolute Gasteiger partial charge is 0.216 e. The second-order valence-corrected chi connectivity index (χ2v) is 10.1. The van der Waals surface area contributed by atoms with E-state index in [1.165, 1.54) is 0 Å². The van der Waals surface area contributed by atoms with E-state index in [2.05, 4.69) is 20.6 Å². The average molecular weight is 560 g/mol.